The maximum atomic E-state index is 5.93. The fourth-order valence-corrected chi connectivity index (χ4v) is 1.76. The lowest BCUT2D eigenvalue weighted by atomic mass is 10.3. The van der Waals surface area contributed by atoms with E-state index in [0.717, 1.165) is 17.2 Å². The molecule has 0 aliphatic rings. The summed E-state index contributed by atoms with van der Waals surface area (Å²) in [5.41, 5.74) is 0.771. The highest BCUT2D eigenvalue weighted by Crippen LogP contribution is 2.18. The number of rotatable bonds is 7. The molecule has 0 N–H and O–H groups in total. The first kappa shape index (κ1) is 14.7. The molecule has 0 spiro atoms. The lowest BCUT2D eigenvalue weighted by Crippen LogP contribution is -2.08. The first-order valence-electron chi connectivity index (χ1n) is 6.59. The van der Waals surface area contributed by atoms with Crippen molar-refractivity contribution in [2.24, 2.45) is 0 Å². The molecule has 6 heteroatoms. The smallest absolute Gasteiger partial charge is 0.119 e. The largest absolute Gasteiger partial charge is 0.494 e. The van der Waals surface area contributed by atoms with Crippen LogP contribution in [-0.2, 0) is 6.54 Å². The molecule has 0 amide bonds. The minimum Gasteiger partial charge on any atom is -0.494 e. The van der Waals surface area contributed by atoms with E-state index < -0.39 is 0 Å². The standard InChI is InChI=1S/C14H18ClN3O2/c1-3-19-12-4-6-13(7-5-12)20-9-8-18-10-14(11(2)15)16-17-18/h4-7,10-11H,3,8-9H2,1-2H3. The zero-order chi connectivity index (χ0) is 14.4. The third-order valence-corrected chi connectivity index (χ3v) is 2.91. The van der Waals surface area contributed by atoms with E-state index in [1.807, 2.05) is 44.3 Å². The molecular formula is C14H18ClN3O2. The average Bonchev–Trinajstić information content (AvgIpc) is 2.90. The molecule has 2 aromatic rings. The zero-order valence-electron chi connectivity index (χ0n) is 11.6. The Morgan fingerprint density at radius 3 is 2.40 bits per heavy atom. The molecule has 1 aromatic heterocycles. The number of nitrogens with zero attached hydrogens (tertiary/aromatic N) is 3. The molecule has 0 saturated heterocycles. The van der Waals surface area contributed by atoms with Crippen LogP contribution in [0, 0.1) is 0 Å². The van der Waals surface area contributed by atoms with E-state index in [4.69, 9.17) is 21.1 Å². The van der Waals surface area contributed by atoms with Crippen LogP contribution in [0.25, 0.3) is 0 Å². The third-order valence-electron chi connectivity index (χ3n) is 2.69. The van der Waals surface area contributed by atoms with Gasteiger partial charge in [-0.3, -0.25) is 0 Å². The van der Waals surface area contributed by atoms with Gasteiger partial charge in [0.05, 0.1) is 24.7 Å². The van der Waals surface area contributed by atoms with Crippen LogP contribution in [0.1, 0.15) is 24.9 Å². The Labute approximate surface area is 123 Å². The van der Waals surface area contributed by atoms with Gasteiger partial charge >= 0.3 is 0 Å². The van der Waals surface area contributed by atoms with Crippen LogP contribution in [0.4, 0.5) is 0 Å². The Bertz CT molecular complexity index is 525. The molecular weight excluding hydrogens is 278 g/mol. The number of halogens is 1. The Kier molecular flexibility index (Phi) is 5.24. The summed E-state index contributed by atoms with van der Waals surface area (Å²) in [6.45, 7) is 5.63. The fourth-order valence-electron chi connectivity index (χ4n) is 1.66. The predicted molar refractivity (Wildman–Crippen MR) is 77.4 cm³/mol. The first-order valence-corrected chi connectivity index (χ1v) is 7.02. The van der Waals surface area contributed by atoms with Crippen molar-refractivity contribution in [3.63, 3.8) is 0 Å². The fraction of sp³-hybridized carbons (Fsp3) is 0.429. The van der Waals surface area contributed by atoms with Gasteiger partial charge in [0.25, 0.3) is 0 Å². The molecule has 1 unspecified atom stereocenters. The Hall–Kier alpha value is -1.75. The molecule has 0 saturated carbocycles. The van der Waals surface area contributed by atoms with Crippen molar-refractivity contribution in [2.75, 3.05) is 13.2 Å². The maximum absolute atomic E-state index is 5.93. The molecule has 0 aliphatic heterocycles. The topological polar surface area (TPSA) is 49.2 Å². The Morgan fingerprint density at radius 1 is 1.20 bits per heavy atom. The molecule has 1 aromatic carbocycles. The summed E-state index contributed by atoms with van der Waals surface area (Å²) in [5.74, 6) is 1.65. The number of alkyl halides is 1. The highest BCUT2D eigenvalue weighted by molar-refractivity contribution is 6.20. The molecule has 108 valence electrons. The number of hydrogen-bond donors (Lipinski definition) is 0. The van der Waals surface area contributed by atoms with Crippen molar-refractivity contribution in [3.8, 4) is 11.5 Å². The van der Waals surface area contributed by atoms with Crippen molar-refractivity contribution < 1.29 is 9.47 Å². The minimum absolute atomic E-state index is 0.129. The molecule has 0 radical (unpaired) electrons. The molecule has 1 atom stereocenters. The van der Waals surface area contributed by atoms with Crippen molar-refractivity contribution >= 4 is 11.6 Å². The normalized spacial score (nSPS) is 12.2. The highest BCUT2D eigenvalue weighted by Gasteiger charge is 2.06. The van der Waals surface area contributed by atoms with E-state index in [0.29, 0.717) is 19.8 Å². The van der Waals surface area contributed by atoms with Crippen molar-refractivity contribution in [1.29, 1.82) is 0 Å². The van der Waals surface area contributed by atoms with Crippen molar-refractivity contribution in [1.82, 2.24) is 15.0 Å². The van der Waals surface area contributed by atoms with Crippen LogP contribution in [0.5, 0.6) is 11.5 Å². The minimum atomic E-state index is -0.129. The van der Waals surface area contributed by atoms with E-state index in [9.17, 15) is 0 Å². The lowest BCUT2D eigenvalue weighted by molar-refractivity contribution is 0.288. The van der Waals surface area contributed by atoms with Gasteiger partial charge in [-0.15, -0.1) is 16.7 Å². The lowest BCUT2D eigenvalue weighted by Gasteiger charge is -2.07. The number of ether oxygens (including phenoxy) is 2. The van der Waals surface area contributed by atoms with Gasteiger partial charge in [-0.25, -0.2) is 4.68 Å². The maximum Gasteiger partial charge on any atom is 0.119 e. The second-order valence-corrected chi connectivity index (χ2v) is 4.93. The average molecular weight is 296 g/mol. The predicted octanol–water partition coefficient (Wildman–Crippen LogP) is 3.06. The molecule has 0 aliphatic carbocycles. The monoisotopic (exact) mass is 295 g/mol. The number of hydrogen-bond acceptors (Lipinski definition) is 4. The van der Waals surface area contributed by atoms with Crippen LogP contribution >= 0.6 is 11.6 Å². The second kappa shape index (κ2) is 7.14. The van der Waals surface area contributed by atoms with Gasteiger partial charge in [0, 0.05) is 0 Å². The van der Waals surface area contributed by atoms with Gasteiger partial charge in [0.2, 0.25) is 0 Å². The van der Waals surface area contributed by atoms with Crippen LogP contribution in [-0.4, -0.2) is 28.2 Å². The molecule has 1 heterocycles. The second-order valence-electron chi connectivity index (χ2n) is 4.28. The van der Waals surface area contributed by atoms with E-state index in [-0.39, 0.29) is 5.38 Å². The zero-order valence-corrected chi connectivity index (χ0v) is 12.4. The van der Waals surface area contributed by atoms with Crippen LogP contribution in [0.2, 0.25) is 0 Å². The number of benzene rings is 1. The van der Waals surface area contributed by atoms with Crippen molar-refractivity contribution in [2.45, 2.75) is 25.8 Å². The van der Waals surface area contributed by atoms with E-state index >= 15 is 0 Å². The quantitative estimate of drug-likeness (QED) is 0.737. The van der Waals surface area contributed by atoms with Gasteiger partial charge < -0.3 is 9.47 Å². The van der Waals surface area contributed by atoms with Crippen molar-refractivity contribution in [3.05, 3.63) is 36.2 Å². The molecule has 0 bridgehead atoms. The summed E-state index contributed by atoms with van der Waals surface area (Å²) in [7, 11) is 0. The van der Waals surface area contributed by atoms with Gasteiger partial charge in [-0.1, -0.05) is 5.21 Å². The van der Waals surface area contributed by atoms with Gasteiger partial charge in [-0.05, 0) is 38.1 Å². The first-order chi connectivity index (χ1) is 9.69. The van der Waals surface area contributed by atoms with Crippen LogP contribution < -0.4 is 9.47 Å². The highest BCUT2D eigenvalue weighted by atomic mass is 35.5. The third kappa shape index (κ3) is 4.13. The van der Waals surface area contributed by atoms with Gasteiger partial charge in [-0.2, -0.15) is 0 Å². The van der Waals surface area contributed by atoms with Gasteiger partial charge in [0.15, 0.2) is 0 Å². The van der Waals surface area contributed by atoms with Gasteiger partial charge in [0.1, 0.15) is 23.8 Å². The summed E-state index contributed by atoms with van der Waals surface area (Å²) < 4.78 is 12.7. The van der Waals surface area contributed by atoms with Crippen LogP contribution in [0.15, 0.2) is 30.5 Å². The van der Waals surface area contributed by atoms with E-state index in [1.165, 1.54) is 0 Å². The Morgan fingerprint density at radius 2 is 1.85 bits per heavy atom. The number of aromatic nitrogens is 3. The van der Waals surface area contributed by atoms with E-state index in [2.05, 4.69) is 10.3 Å². The summed E-state index contributed by atoms with van der Waals surface area (Å²) in [6, 6.07) is 7.56. The SMILES string of the molecule is CCOc1ccc(OCCn2cc(C(C)Cl)nn2)cc1. The van der Waals surface area contributed by atoms with Crippen LogP contribution in [0.3, 0.4) is 0 Å². The summed E-state index contributed by atoms with van der Waals surface area (Å²) in [5, 5.41) is 7.84. The van der Waals surface area contributed by atoms with E-state index in [1.54, 1.807) is 4.68 Å². The summed E-state index contributed by atoms with van der Waals surface area (Å²) in [6.07, 6.45) is 1.83. The Balaban J connectivity index is 1.79. The molecule has 0 fully saturated rings. The molecule has 2 rings (SSSR count). The summed E-state index contributed by atoms with van der Waals surface area (Å²) in [4.78, 5) is 0. The summed E-state index contributed by atoms with van der Waals surface area (Å²) >= 11 is 5.93. The molecule has 20 heavy (non-hydrogen) atoms. The molecule has 5 nitrogen and oxygen atoms in total.